The Morgan fingerprint density at radius 3 is 3.06 bits per heavy atom. The van der Waals surface area contributed by atoms with E-state index in [-0.39, 0.29) is 6.04 Å². The van der Waals surface area contributed by atoms with Crippen LogP contribution in [0.3, 0.4) is 0 Å². The van der Waals surface area contributed by atoms with E-state index in [0.717, 1.165) is 41.6 Å². The fourth-order valence-electron chi connectivity index (χ4n) is 2.27. The van der Waals surface area contributed by atoms with Crippen molar-refractivity contribution in [1.29, 1.82) is 0 Å². The molecule has 1 aliphatic heterocycles. The number of halogens is 1. The molecule has 4 nitrogen and oxygen atoms in total. The summed E-state index contributed by atoms with van der Waals surface area (Å²) in [5, 5.41) is 5.28. The van der Waals surface area contributed by atoms with Crippen LogP contribution in [0.1, 0.15) is 23.6 Å². The lowest BCUT2D eigenvalue weighted by molar-refractivity contribution is 0.432. The van der Waals surface area contributed by atoms with Crippen LogP contribution >= 0.6 is 11.6 Å². The van der Waals surface area contributed by atoms with Crippen molar-refractivity contribution in [3.8, 4) is 0 Å². The van der Waals surface area contributed by atoms with Crippen LogP contribution in [0, 0.1) is 0 Å². The molecule has 3 rings (SSSR count). The van der Waals surface area contributed by atoms with Gasteiger partial charge in [-0.25, -0.2) is 9.67 Å². The number of aryl methyl sites for hydroxylation is 1. The largest absolute Gasteiger partial charge is 0.327 e. The van der Waals surface area contributed by atoms with Gasteiger partial charge in [0, 0.05) is 30.5 Å². The van der Waals surface area contributed by atoms with Gasteiger partial charge >= 0.3 is 0 Å². The van der Waals surface area contributed by atoms with Crippen molar-refractivity contribution < 1.29 is 0 Å². The maximum absolute atomic E-state index is 6.14. The molecule has 0 saturated heterocycles. The van der Waals surface area contributed by atoms with E-state index in [2.05, 4.69) is 10.1 Å². The minimum absolute atomic E-state index is 0.217. The van der Waals surface area contributed by atoms with Gasteiger partial charge in [-0.05, 0) is 18.1 Å². The molecule has 0 spiro atoms. The Morgan fingerprint density at radius 2 is 2.22 bits per heavy atom. The molecular weight excluding hydrogens is 248 g/mol. The Hall–Kier alpha value is -1.39. The zero-order valence-corrected chi connectivity index (χ0v) is 10.8. The number of benzene rings is 1. The molecule has 18 heavy (non-hydrogen) atoms. The summed E-state index contributed by atoms with van der Waals surface area (Å²) in [6.45, 7) is 0.867. The molecule has 0 bridgehead atoms. The molecule has 1 aromatic heterocycles. The predicted molar refractivity (Wildman–Crippen MR) is 70.6 cm³/mol. The third-order valence-electron chi connectivity index (χ3n) is 3.26. The van der Waals surface area contributed by atoms with Crippen molar-refractivity contribution in [1.82, 2.24) is 14.8 Å². The number of fused-ring (bicyclic) bond motifs is 1. The van der Waals surface area contributed by atoms with Gasteiger partial charge in [0.1, 0.15) is 5.82 Å². The normalized spacial score (nSPS) is 18.7. The van der Waals surface area contributed by atoms with Crippen LogP contribution in [0.4, 0.5) is 0 Å². The van der Waals surface area contributed by atoms with E-state index in [1.807, 2.05) is 28.9 Å². The zero-order valence-electron chi connectivity index (χ0n) is 10.0. The van der Waals surface area contributed by atoms with Crippen LogP contribution < -0.4 is 5.73 Å². The summed E-state index contributed by atoms with van der Waals surface area (Å²) in [7, 11) is 0. The second kappa shape index (κ2) is 4.71. The highest BCUT2D eigenvalue weighted by Gasteiger charge is 2.19. The standard InChI is InChI=1S/C13H15ClN4/c14-11-4-2-1-3-9(11)7-12-16-13-8-10(15)5-6-18(13)17-12/h1-4,10H,5-8,15H2. The summed E-state index contributed by atoms with van der Waals surface area (Å²) < 4.78 is 1.97. The second-order valence-electron chi connectivity index (χ2n) is 4.69. The quantitative estimate of drug-likeness (QED) is 0.898. The molecule has 5 heteroatoms. The number of nitrogens with zero attached hydrogens (tertiary/aromatic N) is 3. The highest BCUT2D eigenvalue weighted by atomic mass is 35.5. The van der Waals surface area contributed by atoms with E-state index in [9.17, 15) is 0 Å². The minimum Gasteiger partial charge on any atom is -0.327 e. The highest BCUT2D eigenvalue weighted by Crippen LogP contribution is 2.19. The average Bonchev–Trinajstić information content (AvgIpc) is 2.73. The van der Waals surface area contributed by atoms with Crippen LogP contribution in [0.5, 0.6) is 0 Å². The van der Waals surface area contributed by atoms with Crippen LogP contribution in [0.2, 0.25) is 5.02 Å². The lowest BCUT2D eigenvalue weighted by Gasteiger charge is -2.17. The predicted octanol–water partition coefficient (Wildman–Crippen LogP) is 1.80. The maximum atomic E-state index is 6.14. The maximum Gasteiger partial charge on any atom is 0.155 e. The molecule has 0 fully saturated rings. The molecule has 0 aliphatic carbocycles. The zero-order chi connectivity index (χ0) is 12.5. The van der Waals surface area contributed by atoms with Crippen molar-refractivity contribution in [2.75, 3.05) is 0 Å². The van der Waals surface area contributed by atoms with Gasteiger partial charge in [-0.1, -0.05) is 29.8 Å². The topological polar surface area (TPSA) is 56.7 Å². The number of nitrogens with two attached hydrogens (primary N) is 1. The van der Waals surface area contributed by atoms with Gasteiger partial charge < -0.3 is 5.73 Å². The molecule has 2 aromatic rings. The minimum atomic E-state index is 0.217. The molecule has 2 N–H and O–H groups in total. The van der Waals surface area contributed by atoms with Gasteiger partial charge in [-0.15, -0.1) is 0 Å². The molecule has 0 saturated carbocycles. The lowest BCUT2D eigenvalue weighted by atomic mass is 10.1. The van der Waals surface area contributed by atoms with Gasteiger partial charge in [0.05, 0.1) is 0 Å². The van der Waals surface area contributed by atoms with E-state index in [1.165, 1.54) is 0 Å². The van der Waals surface area contributed by atoms with Crippen LogP contribution in [0.25, 0.3) is 0 Å². The lowest BCUT2D eigenvalue weighted by Crippen LogP contribution is -2.31. The van der Waals surface area contributed by atoms with Gasteiger partial charge in [-0.3, -0.25) is 0 Å². The number of rotatable bonds is 2. The summed E-state index contributed by atoms with van der Waals surface area (Å²) >= 11 is 6.14. The molecule has 1 atom stereocenters. The van der Waals surface area contributed by atoms with E-state index in [0.29, 0.717) is 6.42 Å². The molecule has 94 valence electrons. The fraction of sp³-hybridized carbons (Fsp3) is 0.385. The molecular formula is C13H15ClN4. The Kier molecular flexibility index (Phi) is 3.06. The van der Waals surface area contributed by atoms with E-state index < -0.39 is 0 Å². The van der Waals surface area contributed by atoms with Gasteiger partial charge in [-0.2, -0.15) is 5.10 Å². The Labute approximate surface area is 111 Å². The van der Waals surface area contributed by atoms with Crippen molar-refractivity contribution >= 4 is 11.6 Å². The van der Waals surface area contributed by atoms with Crippen LogP contribution in [-0.2, 0) is 19.4 Å². The first kappa shape index (κ1) is 11.7. The summed E-state index contributed by atoms with van der Waals surface area (Å²) in [5.74, 6) is 1.82. The van der Waals surface area contributed by atoms with E-state index in [1.54, 1.807) is 0 Å². The summed E-state index contributed by atoms with van der Waals surface area (Å²) in [6.07, 6.45) is 2.46. The van der Waals surface area contributed by atoms with Crippen molar-refractivity contribution in [3.05, 3.63) is 46.5 Å². The Bertz CT molecular complexity index is 564. The molecule has 0 radical (unpaired) electrons. The third-order valence-corrected chi connectivity index (χ3v) is 3.62. The van der Waals surface area contributed by atoms with E-state index >= 15 is 0 Å². The molecule has 1 aliphatic rings. The smallest absolute Gasteiger partial charge is 0.155 e. The number of hydrogen-bond donors (Lipinski definition) is 1. The highest BCUT2D eigenvalue weighted by molar-refractivity contribution is 6.31. The Balaban J connectivity index is 1.84. The first-order chi connectivity index (χ1) is 8.72. The van der Waals surface area contributed by atoms with Crippen molar-refractivity contribution in [2.24, 2.45) is 5.73 Å². The van der Waals surface area contributed by atoms with Crippen LogP contribution in [-0.4, -0.2) is 20.8 Å². The van der Waals surface area contributed by atoms with Crippen molar-refractivity contribution in [2.45, 2.75) is 31.8 Å². The summed E-state index contributed by atoms with van der Waals surface area (Å²) in [6, 6.07) is 8.02. The second-order valence-corrected chi connectivity index (χ2v) is 5.10. The SMILES string of the molecule is NC1CCn2nc(Cc3ccccc3Cl)nc2C1. The van der Waals surface area contributed by atoms with Gasteiger partial charge in [0.2, 0.25) is 0 Å². The van der Waals surface area contributed by atoms with Gasteiger partial charge in [0.15, 0.2) is 5.82 Å². The molecule has 0 amide bonds. The Morgan fingerprint density at radius 1 is 1.39 bits per heavy atom. The molecule has 2 heterocycles. The average molecular weight is 263 g/mol. The first-order valence-corrected chi connectivity index (χ1v) is 6.52. The number of hydrogen-bond acceptors (Lipinski definition) is 3. The number of aromatic nitrogens is 3. The van der Waals surface area contributed by atoms with Gasteiger partial charge in [0.25, 0.3) is 0 Å². The summed E-state index contributed by atoms with van der Waals surface area (Å²) in [5.41, 5.74) is 6.99. The summed E-state index contributed by atoms with van der Waals surface area (Å²) in [4.78, 5) is 4.55. The molecule has 1 unspecified atom stereocenters. The fourth-order valence-corrected chi connectivity index (χ4v) is 2.47. The third kappa shape index (κ3) is 2.26. The van der Waals surface area contributed by atoms with E-state index in [4.69, 9.17) is 17.3 Å². The molecule has 1 aromatic carbocycles. The van der Waals surface area contributed by atoms with Crippen LogP contribution in [0.15, 0.2) is 24.3 Å². The monoisotopic (exact) mass is 262 g/mol. The van der Waals surface area contributed by atoms with Crippen molar-refractivity contribution in [3.63, 3.8) is 0 Å². The first-order valence-electron chi connectivity index (χ1n) is 6.14.